The van der Waals surface area contributed by atoms with Crippen LogP contribution in [0.25, 0.3) is 10.4 Å². The third kappa shape index (κ3) is 4.50. The number of carbonyl (C=O) groups excluding carboxylic acids is 2. The second kappa shape index (κ2) is 9.08. The van der Waals surface area contributed by atoms with Crippen LogP contribution in [0.1, 0.15) is 28.8 Å². The third-order valence-electron chi connectivity index (χ3n) is 5.95. The van der Waals surface area contributed by atoms with Crippen LogP contribution in [-0.2, 0) is 11.2 Å². The van der Waals surface area contributed by atoms with E-state index in [4.69, 9.17) is 5.73 Å². The summed E-state index contributed by atoms with van der Waals surface area (Å²) in [7, 11) is 3.69. The number of piperidine rings is 1. The van der Waals surface area contributed by atoms with Gasteiger partial charge in [-0.25, -0.2) is 9.97 Å². The lowest BCUT2D eigenvalue weighted by atomic mass is 9.74. The van der Waals surface area contributed by atoms with Crippen LogP contribution >= 0.6 is 11.3 Å². The second-order valence-electron chi connectivity index (χ2n) is 8.50. The smallest absolute Gasteiger partial charge is 0.257 e. The molecule has 0 bridgehead atoms. The highest BCUT2D eigenvalue weighted by Crippen LogP contribution is 2.35. The number of likely N-dealkylation sites (tertiary alicyclic amines) is 1. The summed E-state index contributed by atoms with van der Waals surface area (Å²) in [4.78, 5) is 39.0. The lowest BCUT2D eigenvalue weighted by molar-refractivity contribution is -0.130. The van der Waals surface area contributed by atoms with E-state index in [0.29, 0.717) is 37.4 Å². The fraction of sp³-hybridized carbons (Fsp3) is 0.333. The van der Waals surface area contributed by atoms with Crippen molar-refractivity contribution in [2.45, 2.75) is 19.3 Å². The molecule has 32 heavy (non-hydrogen) atoms. The van der Waals surface area contributed by atoms with Gasteiger partial charge in [-0.05, 0) is 41.8 Å². The van der Waals surface area contributed by atoms with Crippen molar-refractivity contribution in [2.75, 3.05) is 32.1 Å². The van der Waals surface area contributed by atoms with E-state index >= 15 is 0 Å². The molecule has 1 aliphatic rings. The predicted octanol–water partition coefficient (Wildman–Crippen LogP) is 3.22. The largest absolute Gasteiger partial charge is 0.369 e. The fourth-order valence-electron chi connectivity index (χ4n) is 4.25. The molecule has 4 rings (SSSR count). The van der Waals surface area contributed by atoms with Crippen LogP contribution in [0.3, 0.4) is 0 Å². The first kappa shape index (κ1) is 22.0. The van der Waals surface area contributed by atoms with Gasteiger partial charge in [-0.1, -0.05) is 30.3 Å². The average Bonchev–Trinajstić information content (AvgIpc) is 3.34. The van der Waals surface area contributed by atoms with Crippen molar-refractivity contribution in [2.24, 2.45) is 11.1 Å². The molecule has 1 aromatic carbocycles. The van der Waals surface area contributed by atoms with Gasteiger partial charge in [0.05, 0.1) is 11.0 Å². The first-order valence-corrected chi connectivity index (χ1v) is 11.5. The lowest BCUT2D eigenvalue weighted by Gasteiger charge is -2.41. The van der Waals surface area contributed by atoms with Gasteiger partial charge >= 0.3 is 0 Å². The lowest BCUT2D eigenvalue weighted by Crippen LogP contribution is -2.53. The number of benzene rings is 1. The molecule has 1 atom stereocenters. The van der Waals surface area contributed by atoms with Crippen LogP contribution in [0.5, 0.6) is 0 Å². The number of thiophene rings is 1. The number of rotatable bonds is 6. The van der Waals surface area contributed by atoms with Gasteiger partial charge < -0.3 is 15.5 Å². The SMILES string of the molecule is CN(C)c1ncc(C(=O)N2CCCC(Cc3cccc(-c4cccs4)c3)(C(N)=O)C2)cn1. The minimum absolute atomic E-state index is 0.173. The van der Waals surface area contributed by atoms with Crippen molar-refractivity contribution in [3.63, 3.8) is 0 Å². The number of amides is 2. The van der Waals surface area contributed by atoms with Gasteiger partial charge in [-0.3, -0.25) is 9.59 Å². The van der Waals surface area contributed by atoms with E-state index in [1.807, 2.05) is 37.7 Å². The Hall–Kier alpha value is -3.26. The van der Waals surface area contributed by atoms with Gasteiger partial charge in [0.25, 0.3) is 5.91 Å². The number of hydrogen-bond donors (Lipinski definition) is 1. The molecule has 1 unspecified atom stereocenters. The molecular weight excluding hydrogens is 422 g/mol. The number of carbonyl (C=O) groups is 2. The Morgan fingerprint density at radius 2 is 1.97 bits per heavy atom. The molecule has 1 saturated heterocycles. The first-order valence-electron chi connectivity index (χ1n) is 10.6. The molecule has 1 fully saturated rings. The van der Waals surface area contributed by atoms with E-state index in [-0.39, 0.29) is 11.8 Å². The highest BCUT2D eigenvalue weighted by molar-refractivity contribution is 7.13. The van der Waals surface area contributed by atoms with E-state index < -0.39 is 5.41 Å². The molecule has 2 N–H and O–H groups in total. The number of anilines is 1. The van der Waals surface area contributed by atoms with Gasteiger partial charge in [0, 0.05) is 44.5 Å². The van der Waals surface area contributed by atoms with Crippen molar-refractivity contribution in [3.8, 4) is 10.4 Å². The second-order valence-corrected chi connectivity index (χ2v) is 9.44. The topological polar surface area (TPSA) is 92.4 Å². The Kier molecular flexibility index (Phi) is 6.23. The highest BCUT2D eigenvalue weighted by atomic mass is 32.1. The normalized spacial score (nSPS) is 18.4. The average molecular weight is 450 g/mol. The fourth-order valence-corrected chi connectivity index (χ4v) is 4.97. The van der Waals surface area contributed by atoms with E-state index in [9.17, 15) is 9.59 Å². The zero-order valence-electron chi connectivity index (χ0n) is 18.3. The van der Waals surface area contributed by atoms with E-state index in [1.165, 1.54) is 17.3 Å². The Balaban J connectivity index is 1.56. The molecule has 0 saturated carbocycles. The maximum Gasteiger partial charge on any atom is 0.257 e. The van der Waals surface area contributed by atoms with Crippen molar-refractivity contribution >= 4 is 29.1 Å². The molecule has 0 aliphatic carbocycles. The molecule has 1 aliphatic heterocycles. The first-order chi connectivity index (χ1) is 15.4. The van der Waals surface area contributed by atoms with Gasteiger partial charge in [0.15, 0.2) is 0 Å². The van der Waals surface area contributed by atoms with Crippen molar-refractivity contribution in [1.29, 1.82) is 0 Å². The van der Waals surface area contributed by atoms with Crippen LogP contribution < -0.4 is 10.6 Å². The summed E-state index contributed by atoms with van der Waals surface area (Å²) in [6.07, 6.45) is 4.95. The summed E-state index contributed by atoms with van der Waals surface area (Å²) in [5.74, 6) is 0.000925. The van der Waals surface area contributed by atoms with E-state index in [1.54, 1.807) is 21.1 Å². The number of nitrogens with two attached hydrogens (primary N) is 1. The van der Waals surface area contributed by atoms with Gasteiger partial charge in [0.1, 0.15) is 0 Å². The molecular formula is C24H27N5O2S. The summed E-state index contributed by atoms with van der Waals surface area (Å²) in [6, 6.07) is 12.3. The summed E-state index contributed by atoms with van der Waals surface area (Å²) < 4.78 is 0. The maximum atomic E-state index is 13.1. The molecule has 3 aromatic rings. The Labute approximate surface area is 191 Å². The Morgan fingerprint density at radius 1 is 1.19 bits per heavy atom. The third-order valence-corrected chi connectivity index (χ3v) is 6.87. The summed E-state index contributed by atoms with van der Waals surface area (Å²) in [5.41, 5.74) is 7.71. The molecule has 8 heteroatoms. The Morgan fingerprint density at radius 3 is 2.62 bits per heavy atom. The molecule has 0 radical (unpaired) electrons. The van der Waals surface area contributed by atoms with Crippen molar-refractivity contribution in [3.05, 3.63) is 65.3 Å². The Bertz CT molecular complexity index is 1100. The molecule has 166 valence electrons. The van der Waals surface area contributed by atoms with Gasteiger partial charge in [-0.2, -0.15) is 0 Å². The number of hydrogen-bond acceptors (Lipinski definition) is 6. The zero-order valence-corrected chi connectivity index (χ0v) is 19.1. The number of nitrogens with zero attached hydrogens (tertiary/aromatic N) is 4. The number of primary amides is 1. The summed E-state index contributed by atoms with van der Waals surface area (Å²) in [6.45, 7) is 0.873. The summed E-state index contributed by atoms with van der Waals surface area (Å²) in [5, 5.41) is 2.05. The van der Waals surface area contributed by atoms with Crippen molar-refractivity contribution in [1.82, 2.24) is 14.9 Å². The van der Waals surface area contributed by atoms with E-state index in [0.717, 1.165) is 17.5 Å². The van der Waals surface area contributed by atoms with Gasteiger partial charge in [-0.15, -0.1) is 11.3 Å². The zero-order chi connectivity index (χ0) is 22.7. The minimum Gasteiger partial charge on any atom is -0.369 e. The van der Waals surface area contributed by atoms with Crippen LogP contribution in [0.15, 0.2) is 54.2 Å². The van der Waals surface area contributed by atoms with Crippen LogP contribution in [0.4, 0.5) is 5.95 Å². The van der Waals surface area contributed by atoms with Crippen molar-refractivity contribution < 1.29 is 9.59 Å². The molecule has 2 amide bonds. The maximum absolute atomic E-state index is 13.1. The van der Waals surface area contributed by atoms with Gasteiger partial charge in [0.2, 0.25) is 11.9 Å². The molecule has 7 nitrogen and oxygen atoms in total. The van der Waals surface area contributed by atoms with E-state index in [2.05, 4.69) is 28.2 Å². The monoisotopic (exact) mass is 449 g/mol. The van der Waals surface area contributed by atoms with Crippen LogP contribution in [0.2, 0.25) is 0 Å². The molecule has 3 heterocycles. The standard InChI is InChI=1S/C24H27N5O2S/c1-28(2)23-26-14-19(15-27-23)21(30)29-10-5-9-24(16-29,22(25)31)13-17-6-3-7-18(12-17)20-8-4-11-32-20/h3-4,6-8,11-12,14-15H,5,9-10,13,16H2,1-2H3,(H2,25,31). The predicted molar refractivity (Wildman–Crippen MR) is 127 cm³/mol. The number of aromatic nitrogens is 2. The summed E-state index contributed by atoms with van der Waals surface area (Å²) >= 11 is 1.68. The highest BCUT2D eigenvalue weighted by Gasteiger charge is 2.42. The molecule has 2 aromatic heterocycles. The van der Waals surface area contributed by atoms with Crippen LogP contribution in [-0.4, -0.2) is 53.9 Å². The van der Waals surface area contributed by atoms with Crippen LogP contribution in [0, 0.1) is 5.41 Å². The minimum atomic E-state index is -0.799. The quantitative estimate of drug-likeness (QED) is 0.624. The molecule has 0 spiro atoms.